The van der Waals surface area contributed by atoms with E-state index in [2.05, 4.69) is 13.0 Å². The van der Waals surface area contributed by atoms with Gasteiger partial charge in [-0.1, -0.05) is 89.7 Å². The van der Waals surface area contributed by atoms with E-state index in [0.717, 1.165) is 24.3 Å². The molecule has 0 radical (unpaired) electrons. The van der Waals surface area contributed by atoms with Crippen LogP contribution in [-0.4, -0.2) is 6.61 Å². The Labute approximate surface area is 162 Å². The van der Waals surface area contributed by atoms with Gasteiger partial charge in [-0.25, -0.2) is 0 Å². The predicted molar refractivity (Wildman–Crippen MR) is 112 cm³/mol. The predicted octanol–water partition coefficient (Wildman–Crippen LogP) is 7.57. The maximum atomic E-state index is 9.17. The second kappa shape index (κ2) is 13.7. The van der Waals surface area contributed by atoms with Crippen molar-refractivity contribution in [3.05, 3.63) is 29.8 Å². The lowest BCUT2D eigenvalue weighted by Gasteiger charge is -2.16. The standard InChI is InChI=1S/C24H39NO/c1-4-5-6-7-8-9-10-11-12-13-14-15-20-26-23-18-16-22(17-19-23)24(2,3)21-25/h16-19H,4-15,20H2,1-3H3. The third-order valence-electron chi connectivity index (χ3n) is 5.12. The van der Waals surface area contributed by atoms with Gasteiger partial charge in [-0.2, -0.15) is 5.26 Å². The number of ether oxygens (including phenoxy) is 1. The monoisotopic (exact) mass is 357 g/mol. The van der Waals surface area contributed by atoms with Crippen LogP contribution in [0.15, 0.2) is 24.3 Å². The molecule has 1 aromatic rings. The van der Waals surface area contributed by atoms with Gasteiger partial charge in [0, 0.05) is 0 Å². The van der Waals surface area contributed by atoms with Crippen LogP contribution in [0.1, 0.15) is 103 Å². The lowest BCUT2D eigenvalue weighted by Crippen LogP contribution is -2.13. The summed E-state index contributed by atoms with van der Waals surface area (Å²) >= 11 is 0. The minimum atomic E-state index is -0.436. The largest absolute Gasteiger partial charge is 0.494 e. The summed E-state index contributed by atoms with van der Waals surface area (Å²) in [6, 6.07) is 10.3. The smallest absolute Gasteiger partial charge is 0.119 e. The van der Waals surface area contributed by atoms with E-state index < -0.39 is 5.41 Å². The minimum absolute atomic E-state index is 0.436. The number of hydrogen-bond acceptors (Lipinski definition) is 2. The van der Waals surface area contributed by atoms with Gasteiger partial charge in [0.05, 0.1) is 18.1 Å². The zero-order valence-electron chi connectivity index (χ0n) is 17.4. The van der Waals surface area contributed by atoms with Crippen molar-refractivity contribution in [1.82, 2.24) is 0 Å². The van der Waals surface area contributed by atoms with E-state index in [1.165, 1.54) is 70.6 Å². The van der Waals surface area contributed by atoms with Gasteiger partial charge in [-0.3, -0.25) is 0 Å². The van der Waals surface area contributed by atoms with Gasteiger partial charge in [-0.15, -0.1) is 0 Å². The molecule has 0 atom stereocenters. The highest BCUT2D eigenvalue weighted by Gasteiger charge is 2.19. The van der Waals surface area contributed by atoms with E-state index in [4.69, 9.17) is 4.74 Å². The number of nitrogens with zero attached hydrogens (tertiary/aromatic N) is 1. The fraction of sp³-hybridized carbons (Fsp3) is 0.708. The molecule has 0 aliphatic carbocycles. The molecule has 0 spiro atoms. The normalized spacial score (nSPS) is 11.3. The molecular formula is C24H39NO. The third-order valence-corrected chi connectivity index (χ3v) is 5.12. The SMILES string of the molecule is CCCCCCCCCCCCCCOc1ccc(C(C)(C)C#N)cc1. The highest BCUT2D eigenvalue weighted by molar-refractivity contribution is 5.35. The lowest BCUT2D eigenvalue weighted by atomic mass is 9.86. The van der Waals surface area contributed by atoms with Crippen molar-refractivity contribution in [3.8, 4) is 11.8 Å². The molecule has 0 aromatic heterocycles. The van der Waals surface area contributed by atoms with Gasteiger partial charge in [0.1, 0.15) is 5.75 Å². The summed E-state index contributed by atoms with van der Waals surface area (Å²) < 4.78 is 5.82. The van der Waals surface area contributed by atoms with Crippen LogP contribution in [0.3, 0.4) is 0 Å². The first-order chi connectivity index (χ1) is 12.6. The quantitative estimate of drug-likeness (QED) is 0.303. The van der Waals surface area contributed by atoms with Gasteiger partial charge < -0.3 is 4.74 Å². The Morgan fingerprint density at radius 3 is 1.69 bits per heavy atom. The molecule has 0 fully saturated rings. The fourth-order valence-corrected chi connectivity index (χ4v) is 3.17. The molecule has 1 aromatic carbocycles. The molecule has 146 valence electrons. The van der Waals surface area contributed by atoms with Crippen LogP contribution in [0.5, 0.6) is 5.75 Å². The Morgan fingerprint density at radius 1 is 0.769 bits per heavy atom. The molecule has 26 heavy (non-hydrogen) atoms. The van der Waals surface area contributed by atoms with Crippen LogP contribution in [0.25, 0.3) is 0 Å². The van der Waals surface area contributed by atoms with Gasteiger partial charge in [0.2, 0.25) is 0 Å². The molecule has 0 bridgehead atoms. The summed E-state index contributed by atoms with van der Waals surface area (Å²) in [4.78, 5) is 0. The van der Waals surface area contributed by atoms with Gasteiger partial charge in [-0.05, 0) is 38.0 Å². The zero-order valence-corrected chi connectivity index (χ0v) is 17.4. The lowest BCUT2D eigenvalue weighted by molar-refractivity contribution is 0.304. The number of nitriles is 1. The van der Waals surface area contributed by atoms with Crippen LogP contribution in [-0.2, 0) is 5.41 Å². The van der Waals surface area contributed by atoms with E-state index in [1.54, 1.807) is 0 Å². The van der Waals surface area contributed by atoms with Crippen molar-refractivity contribution in [3.63, 3.8) is 0 Å². The van der Waals surface area contributed by atoms with Crippen LogP contribution >= 0.6 is 0 Å². The van der Waals surface area contributed by atoms with Gasteiger partial charge in [0.25, 0.3) is 0 Å². The molecule has 0 amide bonds. The zero-order chi connectivity index (χ0) is 19.1. The highest BCUT2D eigenvalue weighted by atomic mass is 16.5. The maximum Gasteiger partial charge on any atom is 0.119 e. The maximum absolute atomic E-state index is 9.17. The van der Waals surface area contributed by atoms with Crippen LogP contribution in [0.2, 0.25) is 0 Å². The Balaban J connectivity index is 1.97. The Bertz CT molecular complexity index is 498. The van der Waals surface area contributed by atoms with Gasteiger partial charge in [0.15, 0.2) is 0 Å². The van der Waals surface area contributed by atoms with E-state index in [9.17, 15) is 5.26 Å². The summed E-state index contributed by atoms with van der Waals surface area (Å²) in [5.41, 5.74) is 0.603. The Morgan fingerprint density at radius 2 is 1.23 bits per heavy atom. The van der Waals surface area contributed by atoms with Crippen molar-refractivity contribution in [1.29, 1.82) is 5.26 Å². The number of rotatable bonds is 15. The van der Waals surface area contributed by atoms with Crippen LogP contribution < -0.4 is 4.74 Å². The first-order valence-electron chi connectivity index (χ1n) is 10.7. The first-order valence-corrected chi connectivity index (χ1v) is 10.7. The van der Waals surface area contributed by atoms with E-state index in [1.807, 2.05) is 38.1 Å². The van der Waals surface area contributed by atoms with Crippen LogP contribution in [0.4, 0.5) is 0 Å². The molecule has 2 nitrogen and oxygen atoms in total. The van der Waals surface area contributed by atoms with Gasteiger partial charge >= 0.3 is 0 Å². The van der Waals surface area contributed by atoms with E-state index in [0.29, 0.717) is 0 Å². The second-order valence-electron chi connectivity index (χ2n) is 8.00. The summed E-state index contributed by atoms with van der Waals surface area (Å²) in [5.74, 6) is 0.908. The fourth-order valence-electron chi connectivity index (χ4n) is 3.17. The number of benzene rings is 1. The molecule has 0 N–H and O–H groups in total. The molecule has 0 aliphatic rings. The average molecular weight is 358 g/mol. The van der Waals surface area contributed by atoms with Crippen LogP contribution in [0, 0.1) is 11.3 Å². The third kappa shape index (κ3) is 9.85. The topological polar surface area (TPSA) is 33.0 Å². The van der Waals surface area contributed by atoms with Crippen molar-refractivity contribution in [2.24, 2.45) is 0 Å². The summed E-state index contributed by atoms with van der Waals surface area (Å²) in [6.45, 7) is 6.95. The van der Waals surface area contributed by atoms with Crippen molar-refractivity contribution in [2.75, 3.05) is 6.61 Å². The first kappa shape index (κ1) is 22.6. The summed E-state index contributed by atoms with van der Waals surface area (Å²) in [7, 11) is 0. The van der Waals surface area contributed by atoms with Crippen molar-refractivity contribution >= 4 is 0 Å². The molecule has 0 unspecified atom stereocenters. The number of unbranched alkanes of at least 4 members (excludes halogenated alkanes) is 11. The minimum Gasteiger partial charge on any atom is -0.494 e. The molecular weight excluding hydrogens is 318 g/mol. The summed E-state index contributed by atoms with van der Waals surface area (Å²) in [5, 5.41) is 9.17. The molecule has 1 rings (SSSR count). The molecule has 0 saturated heterocycles. The molecule has 2 heteroatoms. The van der Waals surface area contributed by atoms with E-state index in [-0.39, 0.29) is 0 Å². The average Bonchev–Trinajstić information content (AvgIpc) is 2.66. The Kier molecular flexibility index (Phi) is 11.9. The van der Waals surface area contributed by atoms with Crippen molar-refractivity contribution < 1.29 is 4.74 Å². The summed E-state index contributed by atoms with van der Waals surface area (Å²) in [6.07, 6.45) is 16.3. The molecule has 0 aliphatic heterocycles. The highest BCUT2D eigenvalue weighted by Crippen LogP contribution is 2.24. The number of hydrogen-bond donors (Lipinski definition) is 0. The molecule has 0 heterocycles. The molecule has 0 saturated carbocycles. The second-order valence-corrected chi connectivity index (χ2v) is 8.00. The van der Waals surface area contributed by atoms with E-state index >= 15 is 0 Å². The van der Waals surface area contributed by atoms with Crippen molar-refractivity contribution in [2.45, 2.75) is 103 Å². The Hall–Kier alpha value is -1.49.